The molecule has 0 aliphatic heterocycles. The first-order valence-corrected chi connectivity index (χ1v) is 15.0. The largest absolute Gasteiger partial charge is 0.308 e. The van der Waals surface area contributed by atoms with E-state index in [-0.39, 0.29) is 0 Å². The average molecular weight is 576 g/mol. The fourth-order valence-electron chi connectivity index (χ4n) is 6.47. The number of nitrogens with zero attached hydrogens (tertiary/aromatic N) is 5. The van der Waals surface area contributed by atoms with Gasteiger partial charge in [0.1, 0.15) is 0 Å². The van der Waals surface area contributed by atoms with Gasteiger partial charge >= 0.3 is 0 Å². The van der Waals surface area contributed by atoms with Gasteiger partial charge in [0.2, 0.25) is 0 Å². The summed E-state index contributed by atoms with van der Waals surface area (Å²) in [7, 11) is 0. The van der Waals surface area contributed by atoms with Crippen LogP contribution in [0.4, 0.5) is 0 Å². The van der Waals surface area contributed by atoms with E-state index >= 15 is 0 Å². The highest BCUT2D eigenvalue weighted by Crippen LogP contribution is 2.39. The Morgan fingerprint density at radius 3 is 1.96 bits per heavy atom. The fourth-order valence-corrected chi connectivity index (χ4v) is 6.47. The number of hydrogen-bond donors (Lipinski definition) is 0. The second kappa shape index (κ2) is 10.2. The third-order valence-corrected chi connectivity index (χ3v) is 8.59. The van der Waals surface area contributed by atoms with Crippen LogP contribution in [-0.2, 0) is 0 Å². The molecule has 0 amide bonds. The van der Waals surface area contributed by atoms with E-state index in [0.717, 1.165) is 56.0 Å². The Morgan fingerprint density at radius 1 is 0.422 bits per heavy atom. The number of rotatable bonds is 4. The van der Waals surface area contributed by atoms with Crippen molar-refractivity contribution in [2.24, 2.45) is 0 Å². The summed E-state index contributed by atoms with van der Waals surface area (Å²) in [5.41, 5.74) is 8.90. The van der Waals surface area contributed by atoms with E-state index in [0.29, 0.717) is 0 Å². The predicted octanol–water partition coefficient (Wildman–Crippen LogP) is 9.67. The van der Waals surface area contributed by atoms with Crippen LogP contribution in [0.2, 0.25) is 0 Å². The molecule has 0 radical (unpaired) electrons. The third-order valence-electron chi connectivity index (χ3n) is 8.59. The van der Waals surface area contributed by atoms with E-state index in [2.05, 4.69) is 112 Å². The molecule has 5 heteroatoms. The molecule has 0 unspecified atom stereocenters. The number of pyridine rings is 4. The lowest BCUT2D eigenvalue weighted by atomic mass is 10.0. The molecule has 4 aromatic carbocycles. The van der Waals surface area contributed by atoms with Gasteiger partial charge in [0.15, 0.2) is 0 Å². The van der Waals surface area contributed by atoms with Gasteiger partial charge in [-0.3, -0.25) is 19.9 Å². The Labute approximate surface area is 259 Å². The summed E-state index contributed by atoms with van der Waals surface area (Å²) in [6.07, 6.45) is 7.53. The standard InChI is InChI=1S/C40H25N5/c1-3-9-31-26(7-1)13-19-38-39(31)33-23-28(34-16-12-29(24-43-34)40-32-10-4-2-8-27(32)20-22-42-40)14-18-37(33)45(38)30-15-17-36(44-25-30)35-11-5-6-21-41-35/h1-25H. The molecular formula is C40H25N5. The van der Waals surface area contributed by atoms with E-state index in [4.69, 9.17) is 9.97 Å². The van der Waals surface area contributed by atoms with Gasteiger partial charge in [0, 0.05) is 45.9 Å². The molecule has 210 valence electrons. The van der Waals surface area contributed by atoms with E-state index in [1.54, 1.807) is 6.20 Å². The fraction of sp³-hybridized carbons (Fsp3) is 0. The summed E-state index contributed by atoms with van der Waals surface area (Å²) in [4.78, 5) is 18.9. The predicted molar refractivity (Wildman–Crippen MR) is 183 cm³/mol. The number of benzene rings is 4. The van der Waals surface area contributed by atoms with Crippen molar-refractivity contribution in [2.75, 3.05) is 0 Å². The number of fused-ring (bicyclic) bond motifs is 6. The average Bonchev–Trinajstić information content (AvgIpc) is 3.46. The van der Waals surface area contributed by atoms with Gasteiger partial charge in [-0.05, 0) is 76.8 Å². The van der Waals surface area contributed by atoms with Gasteiger partial charge in [0.25, 0.3) is 0 Å². The Balaban J connectivity index is 1.20. The highest BCUT2D eigenvalue weighted by atomic mass is 15.0. The lowest BCUT2D eigenvalue weighted by Crippen LogP contribution is -1.96. The molecule has 45 heavy (non-hydrogen) atoms. The first kappa shape index (κ1) is 25.3. The van der Waals surface area contributed by atoms with Crippen molar-refractivity contribution >= 4 is 43.4 Å². The van der Waals surface area contributed by atoms with Gasteiger partial charge in [-0.15, -0.1) is 0 Å². The summed E-state index contributed by atoms with van der Waals surface area (Å²) in [5.74, 6) is 0. The van der Waals surface area contributed by atoms with Crippen molar-refractivity contribution in [1.82, 2.24) is 24.5 Å². The smallest absolute Gasteiger partial charge is 0.0887 e. The zero-order valence-electron chi connectivity index (χ0n) is 24.2. The zero-order chi connectivity index (χ0) is 29.7. The highest BCUT2D eigenvalue weighted by Gasteiger charge is 2.17. The van der Waals surface area contributed by atoms with Crippen LogP contribution in [0, 0.1) is 0 Å². The molecule has 5 nitrogen and oxygen atoms in total. The van der Waals surface area contributed by atoms with Crippen LogP contribution in [0.3, 0.4) is 0 Å². The third kappa shape index (κ3) is 4.17. The highest BCUT2D eigenvalue weighted by molar-refractivity contribution is 6.21. The first-order chi connectivity index (χ1) is 22.3. The molecule has 0 aliphatic carbocycles. The van der Waals surface area contributed by atoms with Gasteiger partial charge in [0.05, 0.1) is 45.7 Å². The Bertz CT molecular complexity index is 2510. The Kier molecular flexibility index (Phi) is 5.74. The summed E-state index contributed by atoms with van der Waals surface area (Å²) in [6.45, 7) is 0. The van der Waals surface area contributed by atoms with Gasteiger partial charge in [-0.2, -0.15) is 0 Å². The summed E-state index contributed by atoms with van der Waals surface area (Å²) in [5, 5.41) is 7.12. The minimum Gasteiger partial charge on any atom is -0.308 e. The van der Waals surface area contributed by atoms with Crippen molar-refractivity contribution in [3.63, 3.8) is 0 Å². The Morgan fingerprint density at radius 2 is 1.16 bits per heavy atom. The van der Waals surface area contributed by atoms with Crippen LogP contribution < -0.4 is 0 Å². The molecule has 0 aliphatic rings. The summed E-state index contributed by atoms with van der Waals surface area (Å²) < 4.78 is 2.30. The zero-order valence-corrected chi connectivity index (χ0v) is 24.2. The minimum absolute atomic E-state index is 0.848. The molecule has 0 saturated heterocycles. The van der Waals surface area contributed by atoms with Gasteiger partial charge in [-0.1, -0.05) is 66.7 Å². The molecular weight excluding hydrogens is 550 g/mol. The molecule has 5 aromatic heterocycles. The number of hydrogen-bond acceptors (Lipinski definition) is 4. The van der Waals surface area contributed by atoms with Crippen LogP contribution in [0.1, 0.15) is 0 Å². The van der Waals surface area contributed by atoms with Crippen LogP contribution in [-0.4, -0.2) is 24.5 Å². The van der Waals surface area contributed by atoms with E-state index in [9.17, 15) is 0 Å². The normalized spacial score (nSPS) is 11.6. The maximum atomic E-state index is 4.92. The van der Waals surface area contributed by atoms with E-state index in [1.165, 1.54) is 26.9 Å². The topological polar surface area (TPSA) is 56.5 Å². The Hall–Kier alpha value is -6.20. The molecule has 5 heterocycles. The van der Waals surface area contributed by atoms with Crippen molar-refractivity contribution in [3.05, 3.63) is 152 Å². The molecule has 0 bridgehead atoms. The van der Waals surface area contributed by atoms with Crippen LogP contribution in [0.15, 0.2) is 152 Å². The molecule has 0 atom stereocenters. The molecule has 0 N–H and O–H groups in total. The van der Waals surface area contributed by atoms with Crippen molar-refractivity contribution < 1.29 is 0 Å². The number of aromatic nitrogens is 5. The van der Waals surface area contributed by atoms with Crippen molar-refractivity contribution in [3.8, 4) is 39.6 Å². The molecule has 9 aromatic rings. The quantitative estimate of drug-likeness (QED) is 0.210. The monoisotopic (exact) mass is 575 g/mol. The molecule has 0 saturated carbocycles. The second-order valence-electron chi connectivity index (χ2n) is 11.2. The summed E-state index contributed by atoms with van der Waals surface area (Å²) >= 11 is 0. The molecule has 9 rings (SSSR count). The van der Waals surface area contributed by atoms with Crippen molar-refractivity contribution in [2.45, 2.75) is 0 Å². The lowest BCUT2D eigenvalue weighted by molar-refractivity contribution is 1.14. The van der Waals surface area contributed by atoms with E-state index < -0.39 is 0 Å². The van der Waals surface area contributed by atoms with Crippen LogP contribution in [0.5, 0.6) is 0 Å². The first-order valence-electron chi connectivity index (χ1n) is 15.0. The molecule has 0 spiro atoms. The van der Waals surface area contributed by atoms with Gasteiger partial charge in [-0.25, -0.2) is 0 Å². The van der Waals surface area contributed by atoms with Gasteiger partial charge < -0.3 is 4.57 Å². The molecule has 0 fully saturated rings. The van der Waals surface area contributed by atoms with E-state index in [1.807, 2.05) is 48.9 Å². The van der Waals surface area contributed by atoms with Crippen LogP contribution >= 0.6 is 0 Å². The maximum absolute atomic E-state index is 4.92. The summed E-state index contributed by atoms with van der Waals surface area (Å²) in [6, 6.07) is 44.3. The maximum Gasteiger partial charge on any atom is 0.0887 e. The second-order valence-corrected chi connectivity index (χ2v) is 11.2. The minimum atomic E-state index is 0.848. The van der Waals surface area contributed by atoms with Crippen LogP contribution in [0.25, 0.3) is 82.9 Å². The van der Waals surface area contributed by atoms with Crippen molar-refractivity contribution in [1.29, 1.82) is 0 Å². The lowest BCUT2D eigenvalue weighted by Gasteiger charge is -2.09. The SMILES string of the molecule is c1ccc(-c2ccc(-n3c4ccc(-c5ccc(-c6nccc7ccccc67)cn5)cc4c4c5ccccc5ccc43)cn2)nc1.